The number of hydrogen-bond acceptors (Lipinski definition) is 3. The molecule has 0 bridgehead atoms. The monoisotopic (exact) mass is 708 g/mol. The third-order valence-corrected chi connectivity index (χ3v) is 11.2. The minimum Gasteiger partial charge on any atom is -0.808 e. The van der Waals surface area contributed by atoms with Gasteiger partial charge in [0, 0.05) is 0 Å². The molecule has 5 heteroatoms. The maximum Gasteiger partial charge on any atom is 0.492 e. The molecular weight excluding hydrogens is 625 g/mol. The fourth-order valence-corrected chi connectivity index (χ4v) is 7.22. The van der Waals surface area contributed by atoms with Gasteiger partial charge in [-0.05, 0) is 90.5 Å². The van der Waals surface area contributed by atoms with Gasteiger partial charge in [0.05, 0.1) is 26.2 Å². The highest BCUT2D eigenvalue weighted by atomic mass is 16.7. The first kappa shape index (κ1) is 47.0. The molecule has 0 aromatic heterocycles. The predicted octanol–water partition coefficient (Wildman–Crippen LogP) is 12.9. The number of hydrogen-bond donors (Lipinski definition) is 0. The molecular formula is C46H82BNO3. The van der Waals surface area contributed by atoms with Crippen LogP contribution in [0, 0.1) is 13.8 Å². The van der Waals surface area contributed by atoms with Gasteiger partial charge in [-0.1, -0.05) is 165 Å². The smallest absolute Gasteiger partial charge is 0.492 e. The number of aryl methyl sites for hydroxylation is 4. The molecule has 2 aromatic carbocycles. The van der Waals surface area contributed by atoms with Crippen molar-refractivity contribution in [3.8, 4) is 11.5 Å². The average Bonchev–Trinajstić information content (AvgIpc) is 3.13. The summed E-state index contributed by atoms with van der Waals surface area (Å²) in [5.74, 6) is 1.33. The maximum atomic E-state index is 13.0. The lowest BCUT2D eigenvalue weighted by molar-refractivity contribution is -0.921. The summed E-state index contributed by atoms with van der Waals surface area (Å²) in [5.41, 5.74) is 4.64. The zero-order chi connectivity index (χ0) is 37.6. The van der Waals surface area contributed by atoms with Crippen LogP contribution in [-0.2, 0) is 12.8 Å². The summed E-state index contributed by atoms with van der Waals surface area (Å²) in [6, 6.07) is 12.2. The molecule has 51 heavy (non-hydrogen) atoms. The van der Waals surface area contributed by atoms with Gasteiger partial charge in [-0.2, -0.15) is 0 Å². The molecule has 0 spiro atoms. The Morgan fingerprint density at radius 2 is 0.745 bits per heavy atom. The van der Waals surface area contributed by atoms with Crippen molar-refractivity contribution in [3.63, 3.8) is 0 Å². The van der Waals surface area contributed by atoms with Gasteiger partial charge in [0.1, 0.15) is 11.5 Å². The van der Waals surface area contributed by atoms with Crippen molar-refractivity contribution >= 4 is 7.32 Å². The Morgan fingerprint density at radius 1 is 0.451 bits per heavy atom. The maximum absolute atomic E-state index is 13.0. The Kier molecular flexibility index (Phi) is 28.1. The van der Waals surface area contributed by atoms with E-state index in [1.54, 1.807) is 0 Å². The van der Waals surface area contributed by atoms with Gasteiger partial charge >= 0.3 is 7.32 Å². The van der Waals surface area contributed by atoms with Gasteiger partial charge in [0.15, 0.2) is 0 Å². The second-order valence-corrected chi connectivity index (χ2v) is 15.2. The summed E-state index contributed by atoms with van der Waals surface area (Å²) in [5, 5.41) is 13.0. The summed E-state index contributed by atoms with van der Waals surface area (Å²) in [6.07, 6.45) is 28.2. The van der Waals surface area contributed by atoms with Gasteiger partial charge in [0.2, 0.25) is 0 Å². The van der Waals surface area contributed by atoms with Crippen molar-refractivity contribution in [1.29, 1.82) is 0 Å². The van der Waals surface area contributed by atoms with E-state index < -0.39 is 7.32 Å². The molecule has 4 nitrogen and oxygen atoms in total. The first-order valence-corrected chi connectivity index (χ1v) is 21.8. The lowest BCUT2D eigenvalue weighted by Gasteiger charge is -2.34. The van der Waals surface area contributed by atoms with Gasteiger partial charge in [-0.15, -0.1) is 0 Å². The lowest BCUT2D eigenvalue weighted by atomic mass is 10.0. The summed E-state index contributed by atoms with van der Waals surface area (Å²) >= 11 is 0. The van der Waals surface area contributed by atoms with Crippen molar-refractivity contribution in [2.75, 3.05) is 26.2 Å². The molecule has 0 atom stereocenters. The third-order valence-electron chi connectivity index (χ3n) is 11.2. The summed E-state index contributed by atoms with van der Waals surface area (Å²) in [4.78, 5) is 0. The van der Waals surface area contributed by atoms with E-state index in [-0.39, 0.29) is 0 Å². The lowest BCUT2D eigenvalue weighted by Crippen LogP contribution is -2.47. The van der Waals surface area contributed by atoms with E-state index in [1.807, 2.05) is 24.3 Å². The molecule has 0 saturated heterocycles. The standard InChI is InChI=1S/C38H62BO3.C8H20N/c1-5-7-9-11-13-15-17-19-21-23-25-35-31-33(3)27-29-37(35)41-39(40)42-38-30-28-34(4)32-36(38)26-24-22-20-18-16-14-12-10-8-6-2;1-5-9(6-2,7-3)8-4/h27-32H,5-26H2,1-4H3;5-8H2,1-4H3/q-1;+1. The number of rotatable bonds is 30. The molecule has 292 valence electrons. The van der Waals surface area contributed by atoms with Crippen molar-refractivity contribution in [2.24, 2.45) is 0 Å². The van der Waals surface area contributed by atoms with Crippen LogP contribution in [0.25, 0.3) is 0 Å². The van der Waals surface area contributed by atoms with Crippen LogP contribution >= 0.6 is 0 Å². The van der Waals surface area contributed by atoms with E-state index in [9.17, 15) is 5.02 Å². The molecule has 0 aliphatic heterocycles. The van der Waals surface area contributed by atoms with Gasteiger partial charge in [-0.25, -0.2) is 0 Å². The van der Waals surface area contributed by atoms with Crippen LogP contribution in [0.2, 0.25) is 0 Å². The number of quaternary nitrogens is 1. The number of unbranched alkanes of at least 4 members (excludes halogenated alkanes) is 18. The molecule has 0 N–H and O–H groups in total. The summed E-state index contributed by atoms with van der Waals surface area (Å²) in [6.45, 7) is 23.0. The highest BCUT2D eigenvalue weighted by Crippen LogP contribution is 2.26. The quantitative estimate of drug-likeness (QED) is 0.0461. The molecule has 0 aliphatic carbocycles. The Morgan fingerprint density at radius 3 is 1.02 bits per heavy atom. The zero-order valence-corrected chi connectivity index (χ0v) is 35.1. The highest BCUT2D eigenvalue weighted by Gasteiger charge is 2.16. The number of benzene rings is 2. The van der Waals surface area contributed by atoms with E-state index in [4.69, 9.17) is 9.31 Å². The SMILES string of the molecule is CCCCCCCCCCCCc1cc(C)ccc1OB([O-])Oc1ccc(C)cc1CCCCCCCCCCCC.CC[N+](CC)(CC)CC. The Labute approximate surface area is 318 Å². The normalized spacial score (nSPS) is 11.3. The molecule has 0 aliphatic rings. The number of nitrogens with zero attached hydrogens (tertiary/aromatic N) is 1. The van der Waals surface area contributed by atoms with Crippen LogP contribution in [0.3, 0.4) is 0 Å². The topological polar surface area (TPSA) is 41.5 Å². The summed E-state index contributed by atoms with van der Waals surface area (Å²) in [7, 11) is -1.58. The summed E-state index contributed by atoms with van der Waals surface area (Å²) < 4.78 is 13.0. The fraction of sp³-hybridized carbons (Fsp3) is 0.739. The molecule has 0 heterocycles. The largest absolute Gasteiger partial charge is 0.808 e. The van der Waals surface area contributed by atoms with Crippen LogP contribution < -0.4 is 14.3 Å². The van der Waals surface area contributed by atoms with Crippen LogP contribution in [0.1, 0.15) is 192 Å². The Hall–Kier alpha value is -1.98. The van der Waals surface area contributed by atoms with Crippen molar-refractivity contribution < 1.29 is 18.8 Å². The Bertz CT molecular complexity index is 1010. The van der Waals surface area contributed by atoms with Crippen LogP contribution in [0.15, 0.2) is 36.4 Å². The van der Waals surface area contributed by atoms with E-state index >= 15 is 0 Å². The molecule has 0 radical (unpaired) electrons. The first-order valence-electron chi connectivity index (χ1n) is 21.8. The van der Waals surface area contributed by atoms with Crippen LogP contribution in [0.4, 0.5) is 0 Å². The molecule has 2 aromatic rings. The van der Waals surface area contributed by atoms with Gasteiger partial charge in [0.25, 0.3) is 0 Å². The van der Waals surface area contributed by atoms with Crippen molar-refractivity contribution in [2.45, 2.75) is 197 Å². The third kappa shape index (κ3) is 22.0. The van der Waals surface area contributed by atoms with Crippen molar-refractivity contribution in [3.05, 3.63) is 58.7 Å². The van der Waals surface area contributed by atoms with Gasteiger partial charge < -0.3 is 18.8 Å². The Balaban J connectivity index is 0.00000127. The fourth-order valence-electron chi connectivity index (χ4n) is 7.22. The predicted molar refractivity (Wildman–Crippen MR) is 223 cm³/mol. The molecule has 0 unspecified atom stereocenters. The highest BCUT2D eigenvalue weighted by molar-refractivity contribution is 6.34. The zero-order valence-electron chi connectivity index (χ0n) is 35.1. The van der Waals surface area contributed by atoms with E-state index in [2.05, 4.69) is 67.5 Å². The van der Waals surface area contributed by atoms with Gasteiger partial charge in [-0.3, -0.25) is 0 Å². The van der Waals surface area contributed by atoms with Crippen molar-refractivity contribution in [1.82, 2.24) is 0 Å². The van der Waals surface area contributed by atoms with E-state index in [0.29, 0.717) is 11.5 Å². The van der Waals surface area contributed by atoms with Crippen LogP contribution in [0.5, 0.6) is 11.5 Å². The van der Waals surface area contributed by atoms with E-state index in [1.165, 1.54) is 157 Å². The minimum atomic E-state index is -1.58. The molecule has 0 saturated carbocycles. The molecule has 2 rings (SSSR count). The molecule has 0 fully saturated rings. The molecule has 0 amide bonds. The first-order chi connectivity index (χ1) is 24.8. The van der Waals surface area contributed by atoms with Crippen LogP contribution in [-0.4, -0.2) is 38.0 Å². The van der Waals surface area contributed by atoms with E-state index in [0.717, 1.165) is 36.8 Å². The minimum absolute atomic E-state index is 0.667. The average molecular weight is 708 g/mol. The second kappa shape index (κ2) is 30.5. The second-order valence-electron chi connectivity index (χ2n) is 15.2.